The largest absolute Gasteiger partial charge is 0.451 e. The molecule has 8 N–H and O–H groups in total. The van der Waals surface area contributed by atoms with Gasteiger partial charge in [-0.15, -0.1) is 0 Å². The van der Waals surface area contributed by atoms with Crippen LogP contribution in [0.25, 0.3) is 0 Å². The molecular formula is C20H27F3N6O5. The molecule has 0 bridgehead atoms. The number of alkyl halides is 3. The molecule has 0 saturated carbocycles. The summed E-state index contributed by atoms with van der Waals surface area (Å²) in [5, 5.41) is 35.1. The fourth-order valence-corrected chi connectivity index (χ4v) is 4.60. The maximum atomic E-state index is 12.9. The highest BCUT2D eigenvalue weighted by molar-refractivity contribution is 5.90. The van der Waals surface area contributed by atoms with E-state index in [4.69, 9.17) is 16.2 Å². The minimum atomic E-state index is -4.67. The summed E-state index contributed by atoms with van der Waals surface area (Å²) in [5.74, 6) is -4.27. The van der Waals surface area contributed by atoms with Crippen LogP contribution < -0.4 is 16.8 Å². The quantitative estimate of drug-likeness (QED) is 0.118. The molecule has 0 aromatic carbocycles. The SMILES string of the molecule is C=C/C(=C\C=C(/C)C(=O)O[C@H]1[C@H](CC)N2C(N)=N[C@@H](CO)C3N=C(N)N[C@@]32C1(O)O)C(F)(F)F. The number of aliphatic hydroxyl groups excluding tert-OH is 1. The summed E-state index contributed by atoms with van der Waals surface area (Å²) in [7, 11) is 0. The lowest BCUT2D eigenvalue weighted by atomic mass is 9.85. The number of aliphatic hydroxyl groups is 3. The number of esters is 1. The third-order valence-corrected chi connectivity index (χ3v) is 6.17. The van der Waals surface area contributed by atoms with Crippen LogP contribution in [-0.2, 0) is 9.53 Å². The second kappa shape index (κ2) is 8.60. The average Bonchev–Trinajstić information content (AvgIpc) is 3.19. The van der Waals surface area contributed by atoms with E-state index in [2.05, 4.69) is 21.9 Å². The average molecular weight is 488 g/mol. The van der Waals surface area contributed by atoms with Crippen LogP contribution in [-0.4, -0.2) is 86.6 Å². The summed E-state index contributed by atoms with van der Waals surface area (Å²) in [5.41, 5.74) is 8.69. The van der Waals surface area contributed by atoms with Crippen molar-refractivity contribution in [3.05, 3.63) is 36.0 Å². The summed E-state index contributed by atoms with van der Waals surface area (Å²) in [6.45, 7) is 5.45. The summed E-state index contributed by atoms with van der Waals surface area (Å²) >= 11 is 0. The van der Waals surface area contributed by atoms with E-state index in [-0.39, 0.29) is 23.9 Å². The number of halogens is 3. The molecule has 0 aliphatic carbocycles. The summed E-state index contributed by atoms with van der Waals surface area (Å²) in [4.78, 5) is 22.4. The number of allylic oxidation sites excluding steroid dienone is 4. The first kappa shape index (κ1) is 25.5. The van der Waals surface area contributed by atoms with Gasteiger partial charge in [0.15, 0.2) is 23.7 Å². The van der Waals surface area contributed by atoms with Crippen molar-refractivity contribution in [3.63, 3.8) is 0 Å². The molecule has 3 heterocycles. The summed E-state index contributed by atoms with van der Waals surface area (Å²) in [6, 6.07) is -3.00. The Balaban J connectivity index is 1.99. The van der Waals surface area contributed by atoms with Gasteiger partial charge in [0.25, 0.3) is 0 Å². The van der Waals surface area contributed by atoms with Gasteiger partial charge in [0.05, 0.1) is 18.2 Å². The second-order valence-corrected chi connectivity index (χ2v) is 8.16. The van der Waals surface area contributed by atoms with Crippen molar-refractivity contribution in [2.24, 2.45) is 21.5 Å². The zero-order chi connectivity index (χ0) is 25.6. The Morgan fingerprint density at radius 2 is 1.97 bits per heavy atom. The number of rotatable bonds is 6. The van der Waals surface area contributed by atoms with Gasteiger partial charge in [-0.3, -0.25) is 0 Å². The second-order valence-electron chi connectivity index (χ2n) is 8.16. The zero-order valence-electron chi connectivity index (χ0n) is 18.5. The first-order chi connectivity index (χ1) is 15.8. The molecule has 3 aliphatic heterocycles. The molecule has 14 heteroatoms. The van der Waals surface area contributed by atoms with E-state index >= 15 is 0 Å². The van der Waals surface area contributed by atoms with Gasteiger partial charge >= 0.3 is 12.1 Å². The lowest BCUT2D eigenvalue weighted by Crippen LogP contribution is -2.77. The van der Waals surface area contributed by atoms with Crippen molar-refractivity contribution in [1.29, 1.82) is 0 Å². The molecule has 11 nitrogen and oxygen atoms in total. The first-order valence-corrected chi connectivity index (χ1v) is 10.3. The smallest absolute Gasteiger partial charge is 0.416 e. The number of aliphatic imine (C=N–C) groups is 2. The first-order valence-electron chi connectivity index (χ1n) is 10.3. The molecule has 5 atom stereocenters. The molecule has 1 saturated heterocycles. The number of hydrogen-bond acceptors (Lipinski definition) is 11. The lowest BCUT2D eigenvalue weighted by molar-refractivity contribution is -0.262. The Labute approximate surface area is 193 Å². The molecule has 34 heavy (non-hydrogen) atoms. The number of carbonyl (C=O) groups excluding carboxylic acids is 1. The highest BCUT2D eigenvalue weighted by atomic mass is 19.4. The Bertz CT molecular complexity index is 992. The highest BCUT2D eigenvalue weighted by Crippen LogP contribution is 2.49. The van der Waals surface area contributed by atoms with E-state index in [9.17, 15) is 33.3 Å². The van der Waals surface area contributed by atoms with Gasteiger partial charge in [-0.1, -0.05) is 25.7 Å². The van der Waals surface area contributed by atoms with Crippen molar-refractivity contribution in [2.75, 3.05) is 6.61 Å². The lowest BCUT2D eigenvalue weighted by Gasteiger charge is -2.49. The number of nitrogens with zero attached hydrogens (tertiary/aromatic N) is 3. The van der Waals surface area contributed by atoms with E-state index < -0.39 is 60.0 Å². The van der Waals surface area contributed by atoms with E-state index in [0.29, 0.717) is 12.2 Å². The van der Waals surface area contributed by atoms with Gasteiger partial charge in [0.2, 0.25) is 5.79 Å². The van der Waals surface area contributed by atoms with Crippen LogP contribution >= 0.6 is 0 Å². The van der Waals surface area contributed by atoms with Gasteiger partial charge < -0.3 is 41.7 Å². The topological polar surface area (TPSA) is 179 Å². The summed E-state index contributed by atoms with van der Waals surface area (Å²) in [6.07, 6.45) is -3.98. The Morgan fingerprint density at radius 3 is 2.50 bits per heavy atom. The Morgan fingerprint density at radius 1 is 1.32 bits per heavy atom. The minimum absolute atomic E-state index is 0.165. The van der Waals surface area contributed by atoms with Crippen LogP contribution in [0.2, 0.25) is 0 Å². The van der Waals surface area contributed by atoms with Crippen molar-refractivity contribution in [1.82, 2.24) is 10.2 Å². The zero-order valence-corrected chi connectivity index (χ0v) is 18.5. The standard InChI is InChI=1S/C20H27F3N6O5/c1-4-10(20(21,22)23)7-6-9(3)15(31)34-14-12(5-2)29-17(25)26-11(8-30)13-18(29,19(14,32)33)28-16(24)27-13/h4,6-7,11-14,30,32-33H,1,5,8H2,2-3H3,(H2,25,26)(H3,24,27,28)/b9-6+,10-7+/t11-,12-,13?,14-,18-/m0/s1. The molecule has 0 aromatic rings. The van der Waals surface area contributed by atoms with Gasteiger partial charge in [-0.2, -0.15) is 13.2 Å². The maximum absolute atomic E-state index is 12.9. The van der Waals surface area contributed by atoms with E-state index in [1.54, 1.807) is 6.92 Å². The number of nitrogens with one attached hydrogen (secondary N) is 1. The van der Waals surface area contributed by atoms with Crippen LogP contribution in [0.1, 0.15) is 20.3 Å². The highest BCUT2D eigenvalue weighted by Gasteiger charge is 2.77. The molecule has 0 amide bonds. The van der Waals surface area contributed by atoms with Crippen LogP contribution in [0.5, 0.6) is 0 Å². The van der Waals surface area contributed by atoms with Gasteiger partial charge in [0.1, 0.15) is 12.1 Å². The summed E-state index contributed by atoms with van der Waals surface area (Å²) < 4.78 is 44.1. The van der Waals surface area contributed by atoms with Gasteiger partial charge in [-0.05, 0) is 19.4 Å². The van der Waals surface area contributed by atoms with Crippen molar-refractivity contribution in [2.45, 2.75) is 62.1 Å². The van der Waals surface area contributed by atoms with E-state index in [1.807, 2.05) is 0 Å². The van der Waals surface area contributed by atoms with E-state index in [1.165, 1.54) is 11.8 Å². The van der Waals surface area contributed by atoms with Crippen molar-refractivity contribution < 1.29 is 38.0 Å². The number of ether oxygens (including phenoxy) is 1. The van der Waals surface area contributed by atoms with Crippen LogP contribution in [0.15, 0.2) is 45.9 Å². The molecule has 188 valence electrons. The molecule has 1 unspecified atom stereocenters. The van der Waals surface area contributed by atoms with E-state index in [0.717, 1.165) is 6.08 Å². The predicted molar refractivity (Wildman–Crippen MR) is 115 cm³/mol. The molecule has 0 aromatic heterocycles. The molecule has 1 fully saturated rings. The molecule has 0 radical (unpaired) electrons. The van der Waals surface area contributed by atoms with Crippen molar-refractivity contribution >= 4 is 17.9 Å². The molecule has 3 rings (SSSR count). The fourth-order valence-electron chi connectivity index (χ4n) is 4.60. The minimum Gasteiger partial charge on any atom is -0.451 e. The van der Waals surface area contributed by atoms with Crippen LogP contribution in [0, 0.1) is 0 Å². The number of nitrogens with two attached hydrogens (primary N) is 2. The predicted octanol–water partition coefficient (Wildman–Crippen LogP) is -1.03. The number of hydrogen-bond donors (Lipinski definition) is 6. The van der Waals surface area contributed by atoms with Gasteiger partial charge in [-0.25, -0.2) is 14.8 Å². The number of guanidine groups is 2. The van der Waals surface area contributed by atoms with Crippen LogP contribution in [0.4, 0.5) is 13.2 Å². The van der Waals surface area contributed by atoms with Crippen LogP contribution in [0.3, 0.4) is 0 Å². The Hall–Kier alpha value is -3.10. The number of carbonyl (C=O) groups is 1. The molecule has 3 aliphatic rings. The third kappa shape index (κ3) is 3.71. The third-order valence-electron chi connectivity index (χ3n) is 6.17. The maximum Gasteiger partial charge on any atom is 0.416 e. The molecular weight excluding hydrogens is 461 g/mol. The fraction of sp³-hybridized carbons (Fsp3) is 0.550. The monoisotopic (exact) mass is 488 g/mol. The molecule has 1 spiro atoms. The normalized spacial score (nSPS) is 32.9. The van der Waals surface area contributed by atoms with Gasteiger partial charge in [0, 0.05) is 5.57 Å². The Kier molecular flexibility index (Phi) is 6.45. The van der Waals surface area contributed by atoms with Crippen molar-refractivity contribution in [3.8, 4) is 0 Å².